The van der Waals surface area contributed by atoms with E-state index in [1.54, 1.807) is 7.11 Å². The summed E-state index contributed by atoms with van der Waals surface area (Å²) in [5, 5.41) is 0. The highest BCUT2D eigenvalue weighted by molar-refractivity contribution is 7.80. The Kier molecular flexibility index (Phi) is 8.67. The van der Waals surface area contributed by atoms with Gasteiger partial charge in [-0.1, -0.05) is 13.8 Å². The van der Waals surface area contributed by atoms with Crippen LogP contribution in [0.5, 0.6) is 0 Å². The maximum absolute atomic E-state index is 5.45. The van der Waals surface area contributed by atoms with Crippen LogP contribution < -0.4 is 0 Å². The second-order valence-corrected chi connectivity index (χ2v) is 4.30. The van der Waals surface area contributed by atoms with E-state index in [0.717, 1.165) is 12.4 Å². The maximum atomic E-state index is 5.45. The van der Waals surface area contributed by atoms with Crippen LogP contribution in [0.2, 0.25) is 0 Å². The van der Waals surface area contributed by atoms with Crippen molar-refractivity contribution in [3.63, 3.8) is 0 Å². The van der Waals surface area contributed by atoms with Crippen molar-refractivity contribution >= 4 is 12.6 Å². The van der Waals surface area contributed by atoms with Gasteiger partial charge in [0.15, 0.2) is 0 Å². The van der Waals surface area contributed by atoms with E-state index < -0.39 is 0 Å². The highest BCUT2D eigenvalue weighted by Gasteiger charge is 2.15. The Labute approximate surface area is 92.5 Å². The van der Waals surface area contributed by atoms with E-state index in [1.165, 1.54) is 0 Å². The molecule has 0 amide bonds. The van der Waals surface area contributed by atoms with Gasteiger partial charge < -0.3 is 14.2 Å². The predicted molar refractivity (Wildman–Crippen MR) is 61.1 cm³/mol. The van der Waals surface area contributed by atoms with E-state index in [0.29, 0.717) is 26.4 Å². The molecule has 0 heterocycles. The third-order valence-electron chi connectivity index (χ3n) is 1.72. The molecule has 3 nitrogen and oxygen atoms in total. The third kappa shape index (κ3) is 8.81. The molecular formula is C10H22O3S. The Balaban J connectivity index is 3.13. The minimum Gasteiger partial charge on any atom is -0.382 e. The summed E-state index contributed by atoms with van der Waals surface area (Å²) in [4.78, 5) is 0. The average molecular weight is 222 g/mol. The first-order valence-electron chi connectivity index (χ1n) is 4.87. The van der Waals surface area contributed by atoms with Gasteiger partial charge in [-0.3, -0.25) is 0 Å². The molecule has 0 spiro atoms. The summed E-state index contributed by atoms with van der Waals surface area (Å²) in [6, 6.07) is 0. The first kappa shape index (κ1) is 14.2. The Bertz CT molecular complexity index is 129. The zero-order valence-electron chi connectivity index (χ0n) is 9.41. The highest BCUT2D eigenvalue weighted by atomic mass is 32.1. The predicted octanol–water partition coefficient (Wildman–Crippen LogP) is 1.62. The largest absolute Gasteiger partial charge is 0.382 e. The molecular weight excluding hydrogens is 200 g/mol. The molecule has 0 atom stereocenters. The SMILES string of the molecule is COCCOCCOCC(C)(C)CS. The van der Waals surface area contributed by atoms with E-state index in [4.69, 9.17) is 14.2 Å². The quantitative estimate of drug-likeness (QED) is 0.474. The molecule has 0 aliphatic heterocycles. The molecule has 4 heteroatoms. The Morgan fingerprint density at radius 1 is 1.00 bits per heavy atom. The number of ether oxygens (including phenoxy) is 3. The highest BCUT2D eigenvalue weighted by Crippen LogP contribution is 2.16. The van der Waals surface area contributed by atoms with Crippen LogP contribution in [0, 0.1) is 5.41 Å². The van der Waals surface area contributed by atoms with Crippen LogP contribution in [-0.2, 0) is 14.2 Å². The summed E-state index contributed by atoms with van der Waals surface area (Å²) in [5.74, 6) is 0.831. The molecule has 0 aromatic carbocycles. The Morgan fingerprint density at radius 2 is 1.57 bits per heavy atom. The number of hydrogen-bond donors (Lipinski definition) is 1. The van der Waals surface area contributed by atoms with Gasteiger partial charge in [0, 0.05) is 7.11 Å². The van der Waals surface area contributed by atoms with Crippen molar-refractivity contribution in [2.75, 3.05) is 45.9 Å². The van der Waals surface area contributed by atoms with E-state index in [2.05, 4.69) is 26.5 Å². The molecule has 14 heavy (non-hydrogen) atoms. The zero-order valence-corrected chi connectivity index (χ0v) is 10.3. The van der Waals surface area contributed by atoms with Crippen LogP contribution in [0.15, 0.2) is 0 Å². The van der Waals surface area contributed by atoms with Gasteiger partial charge in [0.25, 0.3) is 0 Å². The molecule has 0 aromatic rings. The normalized spacial score (nSPS) is 12.0. The number of hydrogen-bond acceptors (Lipinski definition) is 4. The summed E-state index contributed by atoms with van der Waals surface area (Å²) in [7, 11) is 1.66. The zero-order chi connectivity index (χ0) is 10.9. The lowest BCUT2D eigenvalue weighted by atomic mass is 9.98. The first-order valence-corrected chi connectivity index (χ1v) is 5.51. The minimum atomic E-state index is 0.148. The van der Waals surface area contributed by atoms with Crippen molar-refractivity contribution < 1.29 is 14.2 Å². The maximum Gasteiger partial charge on any atom is 0.0701 e. The Hall–Kier alpha value is 0.230. The van der Waals surface area contributed by atoms with Crippen molar-refractivity contribution in [2.45, 2.75) is 13.8 Å². The number of thiol groups is 1. The monoisotopic (exact) mass is 222 g/mol. The molecule has 0 saturated carbocycles. The molecule has 0 aromatic heterocycles. The standard InChI is InChI=1S/C10H22O3S/c1-10(2,9-14)8-13-7-6-12-5-4-11-3/h14H,4-9H2,1-3H3. The van der Waals surface area contributed by atoms with Crippen LogP contribution >= 0.6 is 12.6 Å². The molecule has 0 aliphatic carbocycles. The fourth-order valence-corrected chi connectivity index (χ4v) is 0.848. The second kappa shape index (κ2) is 8.53. The molecule has 86 valence electrons. The molecule has 0 saturated heterocycles. The lowest BCUT2D eigenvalue weighted by molar-refractivity contribution is 0.00660. The summed E-state index contributed by atoms with van der Waals surface area (Å²) in [6.45, 7) is 7.53. The molecule has 0 unspecified atom stereocenters. The average Bonchev–Trinajstić information content (AvgIpc) is 2.16. The number of methoxy groups -OCH3 is 1. The fraction of sp³-hybridized carbons (Fsp3) is 1.00. The van der Waals surface area contributed by atoms with Crippen molar-refractivity contribution in [3.8, 4) is 0 Å². The summed E-state index contributed by atoms with van der Waals surface area (Å²) in [6.07, 6.45) is 0. The number of rotatable bonds is 9. The van der Waals surface area contributed by atoms with E-state index in [-0.39, 0.29) is 5.41 Å². The summed E-state index contributed by atoms with van der Waals surface area (Å²) >= 11 is 4.24. The van der Waals surface area contributed by atoms with Gasteiger partial charge in [-0.2, -0.15) is 12.6 Å². The summed E-state index contributed by atoms with van der Waals surface area (Å²) in [5.41, 5.74) is 0.148. The second-order valence-electron chi connectivity index (χ2n) is 3.98. The summed E-state index contributed by atoms with van der Waals surface area (Å²) < 4.78 is 15.6. The van der Waals surface area contributed by atoms with Gasteiger partial charge in [-0.25, -0.2) is 0 Å². The smallest absolute Gasteiger partial charge is 0.0701 e. The molecule has 0 fully saturated rings. The van der Waals surface area contributed by atoms with Crippen molar-refractivity contribution in [3.05, 3.63) is 0 Å². The lowest BCUT2D eigenvalue weighted by Crippen LogP contribution is -2.22. The van der Waals surface area contributed by atoms with E-state index in [9.17, 15) is 0 Å². The van der Waals surface area contributed by atoms with Crippen molar-refractivity contribution in [1.29, 1.82) is 0 Å². The van der Waals surface area contributed by atoms with E-state index >= 15 is 0 Å². The van der Waals surface area contributed by atoms with E-state index in [1.807, 2.05) is 0 Å². The van der Waals surface area contributed by atoms with Gasteiger partial charge >= 0.3 is 0 Å². The Morgan fingerprint density at radius 3 is 2.14 bits per heavy atom. The van der Waals surface area contributed by atoms with Gasteiger partial charge in [-0.15, -0.1) is 0 Å². The van der Waals surface area contributed by atoms with Crippen LogP contribution in [-0.4, -0.2) is 45.9 Å². The molecule has 0 bridgehead atoms. The lowest BCUT2D eigenvalue weighted by Gasteiger charge is -2.21. The van der Waals surface area contributed by atoms with Gasteiger partial charge in [0.2, 0.25) is 0 Å². The van der Waals surface area contributed by atoms with Crippen molar-refractivity contribution in [1.82, 2.24) is 0 Å². The van der Waals surface area contributed by atoms with Gasteiger partial charge in [-0.05, 0) is 11.2 Å². The first-order chi connectivity index (χ1) is 6.62. The third-order valence-corrected chi connectivity index (χ3v) is 2.58. The van der Waals surface area contributed by atoms with Crippen LogP contribution in [0.25, 0.3) is 0 Å². The molecule has 0 rings (SSSR count). The van der Waals surface area contributed by atoms with Crippen LogP contribution in [0.3, 0.4) is 0 Å². The molecule has 0 N–H and O–H groups in total. The minimum absolute atomic E-state index is 0.148. The van der Waals surface area contributed by atoms with Gasteiger partial charge in [0.05, 0.1) is 33.0 Å². The van der Waals surface area contributed by atoms with Crippen LogP contribution in [0.1, 0.15) is 13.8 Å². The van der Waals surface area contributed by atoms with Gasteiger partial charge in [0.1, 0.15) is 0 Å². The van der Waals surface area contributed by atoms with Crippen LogP contribution in [0.4, 0.5) is 0 Å². The fourth-order valence-electron chi connectivity index (χ4n) is 0.756. The molecule has 0 aliphatic rings. The topological polar surface area (TPSA) is 27.7 Å². The van der Waals surface area contributed by atoms with Crippen molar-refractivity contribution in [2.24, 2.45) is 5.41 Å². The molecule has 0 radical (unpaired) electrons.